The number of fused-ring (bicyclic) bond motifs is 3. The minimum absolute atomic E-state index is 0.0174. The van der Waals surface area contributed by atoms with E-state index >= 15 is 0 Å². The molecule has 0 saturated heterocycles. The minimum Gasteiger partial charge on any atom is -0.464 e. The first-order valence-electron chi connectivity index (χ1n) is 9.31. The summed E-state index contributed by atoms with van der Waals surface area (Å²) in [6.07, 6.45) is 4.43. The molecule has 3 heterocycles. The van der Waals surface area contributed by atoms with Crippen LogP contribution in [0.2, 0.25) is 0 Å². The molecule has 138 valence electrons. The summed E-state index contributed by atoms with van der Waals surface area (Å²) in [6, 6.07) is 9.66. The fourth-order valence-corrected chi connectivity index (χ4v) is 4.00. The van der Waals surface area contributed by atoms with E-state index in [-0.39, 0.29) is 17.3 Å². The van der Waals surface area contributed by atoms with Crippen LogP contribution >= 0.6 is 0 Å². The highest BCUT2D eigenvalue weighted by molar-refractivity contribution is 6.02. The lowest BCUT2D eigenvalue weighted by atomic mass is 9.84. The van der Waals surface area contributed by atoms with Crippen LogP contribution in [0.1, 0.15) is 48.3 Å². The molecule has 0 saturated carbocycles. The van der Waals surface area contributed by atoms with Gasteiger partial charge in [0.1, 0.15) is 5.76 Å². The topological polar surface area (TPSA) is 52.2 Å². The van der Waals surface area contributed by atoms with Gasteiger partial charge in [-0.1, -0.05) is 13.8 Å². The average Bonchev–Trinajstić information content (AvgIpc) is 3.15. The average molecular weight is 361 g/mol. The van der Waals surface area contributed by atoms with Gasteiger partial charge in [-0.05, 0) is 56.0 Å². The Hall–Kier alpha value is -2.88. The van der Waals surface area contributed by atoms with E-state index in [1.54, 1.807) is 19.3 Å². The lowest BCUT2D eigenvalue weighted by Gasteiger charge is -2.34. The van der Waals surface area contributed by atoms with Crippen LogP contribution in [0.15, 0.2) is 52.0 Å². The van der Waals surface area contributed by atoms with E-state index in [2.05, 4.69) is 24.5 Å². The second-order valence-corrected chi connectivity index (χ2v) is 7.72. The van der Waals surface area contributed by atoms with Crippen molar-refractivity contribution in [2.75, 3.05) is 0 Å². The summed E-state index contributed by atoms with van der Waals surface area (Å²) in [7, 11) is 0. The van der Waals surface area contributed by atoms with Gasteiger partial charge in [-0.15, -0.1) is 0 Å². The molecular weight excluding hydrogens is 338 g/mol. The highest BCUT2D eigenvalue weighted by Crippen LogP contribution is 2.40. The highest BCUT2D eigenvalue weighted by atomic mass is 16.3. The van der Waals surface area contributed by atoms with Crippen molar-refractivity contribution in [3.8, 4) is 22.6 Å². The number of aryl methyl sites for hydroxylation is 1. The summed E-state index contributed by atoms with van der Waals surface area (Å²) in [5, 5.41) is 0. The third-order valence-corrected chi connectivity index (χ3v) is 5.51. The van der Waals surface area contributed by atoms with E-state index < -0.39 is 0 Å². The summed E-state index contributed by atoms with van der Waals surface area (Å²) in [6.45, 7) is 7.81. The zero-order chi connectivity index (χ0) is 19.3. The van der Waals surface area contributed by atoms with Crippen molar-refractivity contribution < 1.29 is 9.21 Å². The quantitative estimate of drug-likeness (QED) is 0.614. The molecule has 1 aromatic carbocycles. The first-order valence-corrected chi connectivity index (χ1v) is 9.31. The van der Waals surface area contributed by atoms with Gasteiger partial charge in [0.05, 0.1) is 12.0 Å². The van der Waals surface area contributed by atoms with E-state index in [0.29, 0.717) is 17.2 Å². The molecule has 1 aliphatic rings. The molecule has 1 unspecified atom stereocenters. The fourth-order valence-electron chi connectivity index (χ4n) is 4.00. The largest absolute Gasteiger partial charge is 0.464 e. The van der Waals surface area contributed by atoms with Crippen LogP contribution in [0.4, 0.5) is 0 Å². The number of carbonyl (C=O) groups is 1. The molecule has 0 bridgehead atoms. The fraction of sp³-hybridized carbons (Fsp3) is 0.304. The summed E-state index contributed by atoms with van der Waals surface area (Å²) in [4.78, 5) is 24.7. The molecule has 0 spiro atoms. The van der Waals surface area contributed by atoms with Crippen LogP contribution in [0.25, 0.3) is 22.6 Å². The third kappa shape index (κ3) is 2.85. The van der Waals surface area contributed by atoms with Gasteiger partial charge < -0.3 is 8.98 Å². The van der Waals surface area contributed by atoms with E-state index in [0.717, 1.165) is 34.4 Å². The molecule has 27 heavy (non-hydrogen) atoms. The maximum atomic E-state index is 12.4. The first kappa shape index (κ1) is 17.5. The predicted octanol–water partition coefficient (Wildman–Crippen LogP) is 5.04. The van der Waals surface area contributed by atoms with Crippen LogP contribution in [-0.2, 0) is 6.42 Å². The molecule has 0 fully saturated rings. The Morgan fingerprint density at radius 3 is 2.63 bits per heavy atom. The number of pyridine rings is 1. The third-order valence-electron chi connectivity index (χ3n) is 5.51. The number of furan rings is 1. The normalized spacial score (nSPS) is 15.5. The number of hydrogen-bond acceptors (Lipinski definition) is 3. The van der Waals surface area contributed by atoms with Gasteiger partial charge in [0.2, 0.25) is 0 Å². The van der Waals surface area contributed by atoms with Gasteiger partial charge in [0.25, 0.3) is 0 Å². The summed E-state index contributed by atoms with van der Waals surface area (Å²) < 4.78 is 7.78. The molecule has 4 nitrogen and oxygen atoms in total. The SMILES string of the molecule is CC(=O)c1cc2c(cc1-c1ccco1)CC(C(C)C)n1cc(C)c(=O)cc1-2. The van der Waals surface area contributed by atoms with Crippen molar-refractivity contribution in [3.63, 3.8) is 0 Å². The van der Waals surface area contributed by atoms with Crippen molar-refractivity contribution in [2.45, 2.75) is 40.2 Å². The van der Waals surface area contributed by atoms with Crippen molar-refractivity contribution in [1.29, 1.82) is 0 Å². The van der Waals surface area contributed by atoms with Gasteiger partial charge in [-0.25, -0.2) is 0 Å². The van der Waals surface area contributed by atoms with Crippen LogP contribution < -0.4 is 5.43 Å². The number of hydrogen-bond donors (Lipinski definition) is 0. The number of nitrogens with zero attached hydrogens (tertiary/aromatic N) is 1. The minimum atomic E-state index is -0.0174. The molecule has 1 aliphatic heterocycles. The molecule has 2 aromatic heterocycles. The Morgan fingerprint density at radius 2 is 2.00 bits per heavy atom. The zero-order valence-corrected chi connectivity index (χ0v) is 16.1. The smallest absolute Gasteiger partial charge is 0.185 e. The van der Waals surface area contributed by atoms with E-state index in [4.69, 9.17) is 4.42 Å². The van der Waals surface area contributed by atoms with Crippen LogP contribution in [0, 0.1) is 12.8 Å². The summed E-state index contributed by atoms with van der Waals surface area (Å²) >= 11 is 0. The second kappa shape index (κ2) is 6.38. The second-order valence-electron chi connectivity index (χ2n) is 7.72. The van der Waals surface area contributed by atoms with Gasteiger partial charge in [-0.3, -0.25) is 9.59 Å². The number of rotatable bonds is 3. The first-order chi connectivity index (χ1) is 12.9. The molecule has 4 heteroatoms. The van der Waals surface area contributed by atoms with Gasteiger partial charge in [-0.2, -0.15) is 0 Å². The molecule has 4 rings (SSSR count). The number of aromatic nitrogens is 1. The van der Waals surface area contributed by atoms with E-state index in [9.17, 15) is 9.59 Å². The molecule has 3 aromatic rings. The van der Waals surface area contributed by atoms with Crippen molar-refractivity contribution in [2.24, 2.45) is 5.92 Å². The van der Waals surface area contributed by atoms with Gasteiger partial charge in [0, 0.05) is 40.6 Å². The monoisotopic (exact) mass is 361 g/mol. The number of carbonyl (C=O) groups excluding carboxylic acids is 1. The molecule has 0 aliphatic carbocycles. The Balaban J connectivity index is 2.02. The van der Waals surface area contributed by atoms with E-state index in [1.165, 1.54) is 0 Å². The lowest BCUT2D eigenvalue weighted by Crippen LogP contribution is -2.26. The Kier molecular flexibility index (Phi) is 4.14. The summed E-state index contributed by atoms with van der Waals surface area (Å²) in [5.41, 5.74) is 5.20. The van der Waals surface area contributed by atoms with Gasteiger partial charge >= 0.3 is 0 Å². The standard InChI is InChI=1S/C23H23NO3/c1-13(2)20-9-16-8-19(23-6-5-7-27-23)17(15(4)25)10-18(16)21-11-22(26)14(3)12-24(20)21/h5-8,10-13,20H,9H2,1-4H3. The number of Topliss-reactive ketones (excluding diaryl/α,β-unsaturated/α-hetero) is 1. The van der Waals surface area contributed by atoms with Crippen LogP contribution in [0.5, 0.6) is 0 Å². The van der Waals surface area contributed by atoms with Crippen molar-refractivity contribution in [1.82, 2.24) is 4.57 Å². The molecule has 0 N–H and O–H groups in total. The molecule has 0 amide bonds. The van der Waals surface area contributed by atoms with Gasteiger partial charge in [0.15, 0.2) is 11.2 Å². The number of ketones is 1. The predicted molar refractivity (Wildman–Crippen MR) is 106 cm³/mol. The van der Waals surface area contributed by atoms with Crippen LogP contribution in [-0.4, -0.2) is 10.4 Å². The molecular formula is C23H23NO3. The van der Waals surface area contributed by atoms with Crippen molar-refractivity contribution in [3.05, 3.63) is 69.7 Å². The maximum absolute atomic E-state index is 12.4. The molecule has 1 atom stereocenters. The van der Waals surface area contributed by atoms with Crippen LogP contribution in [0.3, 0.4) is 0 Å². The zero-order valence-electron chi connectivity index (χ0n) is 16.1. The molecule has 0 radical (unpaired) electrons. The Morgan fingerprint density at radius 1 is 1.22 bits per heavy atom. The van der Waals surface area contributed by atoms with Crippen molar-refractivity contribution >= 4 is 5.78 Å². The number of benzene rings is 1. The Labute approximate surface area is 158 Å². The summed E-state index contributed by atoms with van der Waals surface area (Å²) in [5.74, 6) is 1.09. The maximum Gasteiger partial charge on any atom is 0.185 e. The Bertz CT molecular complexity index is 1090. The lowest BCUT2D eigenvalue weighted by molar-refractivity contribution is 0.101. The van der Waals surface area contributed by atoms with E-state index in [1.807, 2.05) is 31.3 Å². The highest BCUT2D eigenvalue weighted by Gasteiger charge is 2.28.